The van der Waals surface area contributed by atoms with Crippen molar-refractivity contribution in [3.05, 3.63) is 53.8 Å². The zero-order valence-corrected chi connectivity index (χ0v) is 16.8. The molecule has 0 aliphatic carbocycles. The molecule has 0 saturated carbocycles. The number of benzene rings is 1. The Morgan fingerprint density at radius 3 is 2.96 bits per heavy atom. The number of esters is 1. The Labute approximate surface area is 166 Å². The number of carbonyl (C=O) groups excluding carboxylic acids is 1. The average molecular weight is 376 g/mol. The first kappa shape index (κ1) is 17.7. The second-order valence-electron chi connectivity index (χ2n) is 8.25. The molecule has 2 aromatic rings. The smallest absolute Gasteiger partial charge is 0.330 e. The molecule has 0 radical (unpaired) electrons. The Morgan fingerprint density at radius 1 is 1.29 bits per heavy atom. The predicted molar refractivity (Wildman–Crippen MR) is 112 cm³/mol. The molecule has 1 fully saturated rings. The van der Waals surface area contributed by atoms with Gasteiger partial charge in [0.25, 0.3) is 0 Å². The van der Waals surface area contributed by atoms with Gasteiger partial charge < -0.3 is 9.30 Å². The van der Waals surface area contributed by atoms with E-state index in [1.54, 1.807) is 6.08 Å². The number of allylic oxidation sites excluding steroid dienone is 2. The summed E-state index contributed by atoms with van der Waals surface area (Å²) in [4.78, 5) is 14.7. The lowest BCUT2D eigenvalue weighted by Gasteiger charge is -2.53. The van der Waals surface area contributed by atoms with Gasteiger partial charge in [-0.05, 0) is 56.9 Å². The molecule has 1 aromatic heterocycles. The van der Waals surface area contributed by atoms with Crippen LogP contribution in [-0.4, -0.2) is 35.1 Å². The minimum absolute atomic E-state index is 0.145. The van der Waals surface area contributed by atoms with Gasteiger partial charge >= 0.3 is 5.97 Å². The molecule has 0 amide bonds. The van der Waals surface area contributed by atoms with Gasteiger partial charge in [0.2, 0.25) is 0 Å². The van der Waals surface area contributed by atoms with Crippen LogP contribution in [0.3, 0.4) is 0 Å². The standard InChI is InChI=1S/C24H28N2O2/c1-3-24-13-7-14-25-15-12-19-18-8-5-6-9-20(18)26(22(19)23(24)25)17(16-24)10-11-21(27)28-4-2/h5-6,8-11,16,23H,3-4,7,12-15H2,1-2H3/b11-10+/t23-,24+/m1/s1. The highest BCUT2D eigenvalue weighted by Gasteiger charge is 2.49. The maximum atomic E-state index is 12.0. The Kier molecular flexibility index (Phi) is 4.20. The van der Waals surface area contributed by atoms with E-state index >= 15 is 0 Å². The topological polar surface area (TPSA) is 34.5 Å². The lowest BCUT2D eigenvalue weighted by molar-refractivity contribution is -0.137. The number of hydrogen-bond donors (Lipinski definition) is 0. The van der Waals surface area contributed by atoms with Crippen LogP contribution in [0.25, 0.3) is 16.6 Å². The monoisotopic (exact) mass is 376 g/mol. The molecule has 3 aliphatic rings. The van der Waals surface area contributed by atoms with Gasteiger partial charge in [-0.25, -0.2) is 4.79 Å². The summed E-state index contributed by atoms with van der Waals surface area (Å²) in [7, 11) is 0. The number of nitrogens with zero attached hydrogens (tertiary/aromatic N) is 2. The second-order valence-corrected chi connectivity index (χ2v) is 8.25. The molecule has 1 saturated heterocycles. The molecule has 0 unspecified atom stereocenters. The van der Waals surface area contributed by atoms with E-state index in [0.29, 0.717) is 12.6 Å². The summed E-state index contributed by atoms with van der Waals surface area (Å²) in [6, 6.07) is 9.18. The zero-order valence-electron chi connectivity index (χ0n) is 16.8. The Bertz CT molecular complexity index is 999. The number of carbonyl (C=O) groups is 1. The number of aromatic nitrogens is 1. The average Bonchev–Trinajstić information content (AvgIpc) is 3.07. The molecule has 0 N–H and O–H groups in total. The molecule has 146 valence electrons. The van der Waals surface area contributed by atoms with Crippen molar-refractivity contribution in [3.8, 4) is 0 Å². The van der Waals surface area contributed by atoms with E-state index in [0.717, 1.165) is 25.1 Å². The lowest BCUT2D eigenvalue weighted by Crippen LogP contribution is -2.50. The number of rotatable bonds is 4. The first-order valence-electron chi connectivity index (χ1n) is 10.6. The number of para-hydroxylation sites is 1. The van der Waals surface area contributed by atoms with Crippen molar-refractivity contribution in [2.24, 2.45) is 5.41 Å². The largest absolute Gasteiger partial charge is 0.463 e. The molecule has 2 atom stereocenters. The van der Waals surface area contributed by atoms with Crippen LogP contribution in [0.4, 0.5) is 0 Å². The fourth-order valence-corrected chi connectivity index (χ4v) is 5.79. The van der Waals surface area contributed by atoms with E-state index < -0.39 is 0 Å². The summed E-state index contributed by atoms with van der Waals surface area (Å²) in [5, 5.41) is 1.37. The normalized spacial score (nSPS) is 26.4. The lowest BCUT2D eigenvalue weighted by atomic mass is 9.66. The van der Waals surface area contributed by atoms with E-state index in [9.17, 15) is 4.79 Å². The van der Waals surface area contributed by atoms with Crippen molar-refractivity contribution in [1.82, 2.24) is 9.47 Å². The molecule has 3 aliphatic heterocycles. The van der Waals surface area contributed by atoms with Gasteiger partial charge in [-0.2, -0.15) is 0 Å². The Morgan fingerprint density at radius 2 is 2.14 bits per heavy atom. The molecule has 5 rings (SSSR count). The van der Waals surface area contributed by atoms with Gasteiger partial charge in [0, 0.05) is 34.8 Å². The summed E-state index contributed by atoms with van der Waals surface area (Å²) in [6.07, 6.45) is 10.7. The number of ether oxygens (including phenoxy) is 1. The van der Waals surface area contributed by atoms with Gasteiger partial charge in [-0.15, -0.1) is 0 Å². The maximum Gasteiger partial charge on any atom is 0.330 e. The highest BCUT2D eigenvalue weighted by atomic mass is 16.5. The molecule has 0 bridgehead atoms. The van der Waals surface area contributed by atoms with Crippen molar-refractivity contribution < 1.29 is 9.53 Å². The summed E-state index contributed by atoms with van der Waals surface area (Å²) in [5.41, 5.74) is 5.48. The Balaban J connectivity index is 1.75. The maximum absolute atomic E-state index is 12.0. The third kappa shape index (κ3) is 2.44. The van der Waals surface area contributed by atoms with E-state index in [-0.39, 0.29) is 11.4 Å². The summed E-state index contributed by atoms with van der Waals surface area (Å²) in [6.45, 7) is 6.90. The van der Waals surface area contributed by atoms with Gasteiger partial charge in [0.05, 0.1) is 18.2 Å². The van der Waals surface area contributed by atoms with Crippen LogP contribution in [0.2, 0.25) is 0 Å². The number of piperidine rings is 1. The molecule has 4 heteroatoms. The number of hydrogen-bond acceptors (Lipinski definition) is 3. The number of fused-ring (bicyclic) bond motifs is 3. The quantitative estimate of drug-likeness (QED) is 0.573. The molecular formula is C24H28N2O2. The van der Waals surface area contributed by atoms with Crippen LogP contribution in [0, 0.1) is 5.41 Å². The first-order valence-corrected chi connectivity index (χ1v) is 10.6. The second kappa shape index (κ2) is 6.63. The van der Waals surface area contributed by atoms with E-state index in [1.807, 2.05) is 13.0 Å². The molecule has 28 heavy (non-hydrogen) atoms. The van der Waals surface area contributed by atoms with Crippen molar-refractivity contribution in [2.45, 2.75) is 45.6 Å². The van der Waals surface area contributed by atoms with Gasteiger partial charge in [-0.3, -0.25) is 4.90 Å². The van der Waals surface area contributed by atoms with Crippen LogP contribution < -0.4 is 0 Å². The molecule has 4 nitrogen and oxygen atoms in total. The highest BCUT2D eigenvalue weighted by molar-refractivity contribution is 5.92. The minimum atomic E-state index is -0.272. The fraction of sp³-hybridized carbons (Fsp3) is 0.458. The van der Waals surface area contributed by atoms with Crippen LogP contribution in [0.1, 0.15) is 50.4 Å². The fourth-order valence-electron chi connectivity index (χ4n) is 5.79. The molecular weight excluding hydrogens is 348 g/mol. The van der Waals surface area contributed by atoms with Crippen LogP contribution in [-0.2, 0) is 16.0 Å². The Hall–Kier alpha value is -2.33. The summed E-state index contributed by atoms with van der Waals surface area (Å²) >= 11 is 0. The zero-order chi connectivity index (χ0) is 19.3. The van der Waals surface area contributed by atoms with E-state index in [1.165, 1.54) is 41.5 Å². The predicted octanol–water partition coefficient (Wildman–Crippen LogP) is 4.70. The molecule has 1 aromatic carbocycles. The first-order chi connectivity index (χ1) is 13.7. The third-order valence-corrected chi connectivity index (χ3v) is 6.95. The third-order valence-electron chi connectivity index (χ3n) is 6.95. The van der Waals surface area contributed by atoms with Gasteiger partial charge in [0.1, 0.15) is 0 Å². The van der Waals surface area contributed by atoms with Crippen LogP contribution in [0.5, 0.6) is 0 Å². The van der Waals surface area contributed by atoms with Gasteiger partial charge in [-0.1, -0.05) is 31.2 Å². The van der Waals surface area contributed by atoms with E-state index in [2.05, 4.69) is 46.7 Å². The highest BCUT2D eigenvalue weighted by Crippen LogP contribution is 2.57. The summed E-state index contributed by atoms with van der Waals surface area (Å²) < 4.78 is 7.54. The van der Waals surface area contributed by atoms with Crippen molar-refractivity contribution in [2.75, 3.05) is 19.7 Å². The van der Waals surface area contributed by atoms with Crippen LogP contribution >= 0.6 is 0 Å². The molecule has 4 heterocycles. The van der Waals surface area contributed by atoms with Crippen molar-refractivity contribution in [3.63, 3.8) is 0 Å². The minimum Gasteiger partial charge on any atom is -0.463 e. The summed E-state index contributed by atoms with van der Waals surface area (Å²) in [5.74, 6) is -0.272. The van der Waals surface area contributed by atoms with E-state index in [4.69, 9.17) is 4.74 Å². The van der Waals surface area contributed by atoms with Crippen molar-refractivity contribution >= 4 is 22.6 Å². The van der Waals surface area contributed by atoms with Crippen LogP contribution in [0.15, 0.2) is 42.5 Å². The SMILES string of the molecule is CCOC(=O)/C=C/C1=C[C@]2(CC)CCCN3CCc4c(n1c1ccccc41)[C@@H]32. The van der Waals surface area contributed by atoms with Gasteiger partial charge in [0.15, 0.2) is 0 Å². The van der Waals surface area contributed by atoms with Crippen molar-refractivity contribution in [1.29, 1.82) is 0 Å². The molecule has 0 spiro atoms.